The van der Waals surface area contributed by atoms with Gasteiger partial charge in [0.05, 0.1) is 11.3 Å². The minimum absolute atomic E-state index is 0.572. The highest BCUT2D eigenvalue weighted by atomic mass is 16.5. The quantitative estimate of drug-likeness (QED) is 0.829. The maximum Gasteiger partial charge on any atom is 0.159 e. The van der Waals surface area contributed by atoms with Gasteiger partial charge in [0.15, 0.2) is 5.82 Å². The summed E-state index contributed by atoms with van der Waals surface area (Å²) in [4.78, 5) is 13.8. The monoisotopic (exact) mass is 398 g/mol. The number of ether oxygens (including phenoxy) is 1. The minimum Gasteiger partial charge on any atom is -0.388 e. The van der Waals surface area contributed by atoms with E-state index in [1.807, 2.05) is 24.6 Å². The summed E-state index contributed by atoms with van der Waals surface area (Å²) in [6.45, 7) is 10.3. The van der Waals surface area contributed by atoms with E-state index in [-0.39, 0.29) is 0 Å². The average molecular weight is 399 g/mol. The van der Waals surface area contributed by atoms with Crippen LogP contribution < -0.4 is 4.90 Å². The molecule has 2 atom stereocenters. The van der Waals surface area contributed by atoms with E-state index in [1.54, 1.807) is 6.33 Å². The zero-order valence-electron chi connectivity index (χ0n) is 17.3. The van der Waals surface area contributed by atoms with Crippen molar-refractivity contribution in [3.63, 3.8) is 0 Å². The lowest BCUT2D eigenvalue weighted by Gasteiger charge is -2.36. The lowest BCUT2D eigenvalue weighted by Crippen LogP contribution is -2.46. The van der Waals surface area contributed by atoms with Crippen molar-refractivity contribution in [2.45, 2.75) is 32.3 Å². The van der Waals surface area contributed by atoms with Crippen LogP contribution in [0.3, 0.4) is 0 Å². The van der Waals surface area contributed by atoms with Gasteiger partial charge >= 0.3 is 0 Å². The fourth-order valence-electron chi connectivity index (χ4n) is 5.22. The number of hydrogen-bond donors (Lipinski definition) is 1. The molecule has 3 aliphatic heterocycles. The van der Waals surface area contributed by atoms with Gasteiger partial charge in [-0.1, -0.05) is 0 Å². The summed E-state index contributed by atoms with van der Waals surface area (Å²) >= 11 is 0. The Balaban J connectivity index is 1.24. The number of hydrogen-bond acceptors (Lipinski definition) is 7. The zero-order chi connectivity index (χ0) is 20.0. The Morgan fingerprint density at radius 2 is 1.72 bits per heavy atom. The fraction of sp³-hybridized carbons (Fsp3) is 0.667. The highest BCUT2D eigenvalue weighted by Crippen LogP contribution is 2.35. The van der Waals surface area contributed by atoms with Crippen LogP contribution in [0, 0.1) is 25.7 Å². The predicted molar refractivity (Wildman–Crippen MR) is 109 cm³/mol. The molecule has 156 valence electrons. The number of fused-ring (bicyclic) bond motifs is 1. The number of aryl methyl sites for hydroxylation is 2. The van der Waals surface area contributed by atoms with Crippen molar-refractivity contribution < 1.29 is 9.84 Å². The molecule has 8 heteroatoms. The molecule has 2 aromatic heterocycles. The van der Waals surface area contributed by atoms with Gasteiger partial charge < -0.3 is 14.7 Å². The Kier molecular flexibility index (Phi) is 4.80. The van der Waals surface area contributed by atoms with Crippen LogP contribution in [0.25, 0.3) is 5.82 Å². The maximum absolute atomic E-state index is 10.8. The molecule has 5 rings (SSSR count). The molecule has 8 nitrogen and oxygen atoms in total. The molecule has 0 aliphatic carbocycles. The Hall–Kier alpha value is -2.03. The molecule has 2 unspecified atom stereocenters. The molecule has 3 aliphatic rings. The van der Waals surface area contributed by atoms with E-state index in [0.717, 1.165) is 68.6 Å². The van der Waals surface area contributed by atoms with Crippen LogP contribution in [-0.2, 0) is 4.74 Å². The van der Waals surface area contributed by atoms with Crippen molar-refractivity contribution in [1.82, 2.24) is 24.6 Å². The predicted octanol–water partition coefficient (Wildman–Crippen LogP) is 1.19. The molecule has 0 saturated carbocycles. The summed E-state index contributed by atoms with van der Waals surface area (Å²) < 4.78 is 7.30. The number of aromatic nitrogens is 4. The van der Waals surface area contributed by atoms with Gasteiger partial charge in [-0.3, -0.25) is 4.90 Å². The first-order valence-corrected chi connectivity index (χ1v) is 10.6. The molecule has 3 saturated heterocycles. The number of likely N-dealkylation sites (tertiary alicyclic amines) is 1. The number of β-amino-alcohol motifs (C(OH)–C–C–N with tert-alkyl or cyclic N) is 1. The molecular formula is C21H30N6O2. The van der Waals surface area contributed by atoms with Gasteiger partial charge in [0, 0.05) is 70.5 Å². The molecule has 29 heavy (non-hydrogen) atoms. The highest BCUT2D eigenvalue weighted by molar-refractivity contribution is 5.45. The second-order valence-electron chi connectivity index (χ2n) is 9.03. The van der Waals surface area contributed by atoms with Crippen LogP contribution >= 0.6 is 0 Å². The lowest BCUT2D eigenvalue weighted by molar-refractivity contribution is -0.0778. The molecule has 0 radical (unpaired) electrons. The third-order valence-electron chi connectivity index (χ3n) is 6.69. The number of aliphatic hydroxyl groups is 1. The first-order chi connectivity index (χ1) is 14.0. The lowest BCUT2D eigenvalue weighted by atomic mass is 9.94. The average Bonchev–Trinajstić information content (AvgIpc) is 3.34. The smallest absolute Gasteiger partial charge is 0.159 e. The zero-order valence-corrected chi connectivity index (χ0v) is 17.3. The first-order valence-electron chi connectivity index (χ1n) is 10.6. The van der Waals surface area contributed by atoms with Crippen molar-refractivity contribution in [2.24, 2.45) is 11.8 Å². The molecule has 0 spiro atoms. The van der Waals surface area contributed by atoms with E-state index in [4.69, 9.17) is 4.74 Å². The molecule has 0 bridgehead atoms. The van der Waals surface area contributed by atoms with Gasteiger partial charge in [-0.2, -0.15) is 5.10 Å². The van der Waals surface area contributed by atoms with E-state index in [9.17, 15) is 5.11 Å². The molecule has 1 N–H and O–H groups in total. The molecule has 0 amide bonds. The summed E-state index contributed by atoms with van der Waals surface area (Å²) in [5.41, 5.74) is 1.49. The van der Waals surface area contributed by atoms with Crippen molar-refractivity contribution >= 4 is 5.82 Å². The minimum atomic E-state index is -0.572. The maximum atomic E-state index is 10.8. The van der Waals surface area contributed by atoms with Crippen molar-refractivity contribution in [3.8, 4) is 5.82 Å². The van der Waals surface area contributed by atoms with Gasteiger partial charge in [0.2, 0.25) is 0 Å². The van der Waals surface area contributed by atoms with E-state index in [1.165, 1.54) is 0 Å². The second-order valence-corrected chi connectivity index (χ2v) is 9.03. The second kappa shape index (κ2) is 7.34. The Morgan fingerprint density at radius 3 is 2.38 bits per heavy atom. The SMILES string of the molecule is Cc1cc(C)n(-c2cc(N3CC4CN(CC5(O)CCOCC5)CC4C3)ncn2)n1. The topological polar surface area (TPSA) is 79.5 Å². The highest BCUT2D eigenvalue weighted by Gasteiger charge is 2.43. The van der Waals surface area contributed by atoms with Crippen LogP contribution in [-0.4, -0.2) is 81.3 Å². The van der Waals surface area contributed by atoms with Gasteiger partial charge in [0.25, 0.3) is 0 Å². The Bertz CT molecular complexity index is 864. The van der Waals surface area contributed by atoms with Crippen LogP contribution in [0.1, 0.15) is 24.2 Å². The van der Waals surface area contributed by atoms with E-state index < -0.39 is 5.60 Å². The number of rotatable bonds is 4. The van der Waals surface area contributed by atoms with Crippen LogP contribution in [0.5, 0.6) is 0 Å². The fourth-order valence-corrected chi connectivity index (χ4v) is 5.22. The molecule has 3 fully saturated rings. The Morgan fingerprint density at radius 1 is 1.03 bits per heavy atom. The summed E-state index contributed by atoms with van der Waals surface area (Å²) in [6, 6.07) is 4.10. The van der Waals surface area contributed by atoms with Gasteiger partial charge in [-0.15, -0.1) is 0 Å². The van der Waals surface area contributed by atoms with Crippen LogP contribution in [0.4, 0.5) is 5.82 Å². The molecule has 5 heterocycles. The molecular weight excluding hydrogens is 368 g/mol. The van der Waals surface area contributed by atoms with Crippen LogP contribution in [0.15, 0.2) is 18.5 Å². The summed E-state index contributed by atoms with van der Waals surface area (Å²) in [7, 11) is 0. The largest absolute Gasteiger partial charge is 0.388 e. The normalized spacial score (nSPS) is 26.8. The summed E-state index contributed by atoms with van der Waals surface area (Å²) in [5.74, 6) is 3.06. The Labute approximate surface area is 171 Å². The van der Waals surface area contributed by atoms with Gasteiger partial charge in [-0.25, -0.2) is 14.6 Å². The third-order valence-corrected chi connectivity index (χ3v) is 6.69. The standard InChI is InChI=1S/C21H30N6O2/c1-15-7-16(2)27(24-15)20-8-19(22-14-23-20)26-11-17-9-25(10-18(17)12-26)13-21(28)3-5-29-6-4-21/h7-8,14,17-18,28H,3-6,9-13H2,1-2H3. The van der Waals surface area contributed by atoms with Gasteiger partial charge in [0.1, 0.15) is 12.1 Å². The summed E-state index contributed by atoms with van der Waals surface area (Å²) in [6.07, 6.45) is 3.14. The van der Waals surface area contributed by atoms with Crippen molar-refractivity contribution in [1.29, 1.82) is 0 Å². The third kappa shape index (κ3) is 3.76. The van der Waals surface area contributed by atoms with Gasteiger partial charge in [-0.05, 0) is 31.7 Å². The van der Waals surface area contributed by atoms with Crippen molar-refractivity contribution in [3.05, 3.63) is 29.8 Å². The van der Waals surface area contributed by atoms with E-state index in [0.29, 0.717) is 25.0 Å². The summed E-state index contributed by atoms with van der Waals surface area (Å²) in [5, 5.41) is 15.4. The van der Waals surface area contributed by atoms with E-state index >= 15 is 0 Å². The van der Waals surface area contributed by atoms with Crippen LogP contribution in [0.2, 0.25) is 0 Å². The van der Waals surface area contributed by atoms with E-state index in [2.05, 4.69) is 30.9 Å². The molecule has 0 aromatic carbocycles. The number of anilines is 1. The first kappa shape index (κ1) is 19.0. The molecule has 2 aromatic rings. The van der Waals surface area contributed by atoms with Crippen molar-refractivity contribution in [2.75, 3.05) is 50.8 Å². The number of nitrogens with zero attached hydrogens (tertiary/aromatic N) is 6.